The Labute approximate surface area is 286 Å². The molecule has 6 rings (SSSR count). The Morgan fingerprint density at radius 2 is 1.92 bits per heavy atom. The number of amides is 3. The number of carbonyl (C=O) groups excluding carboxylic acids is 4. The molecule has 4 atom stereocenters. The van der Waals surface area contributed by atoms with Gasteiger partial charge in [0.05, 0.1) is 41.1 Å². The highest BCUT2D eigenvalue weighted by Crippen LogP contribution is 2.45. The smallest absolute Gasteiger partial charge is 0.343 e. The van der Waals surface area contributed by atoms with Crippen molar-refractivity contribution in [1.82, 2.24) is 25.5 Å². The number of halogens is 1. The standard InChI is InChI=1S/C35H41FN6O8/c1-6-35(48)21-9-25-30-19(11-42(25)33(46)20(21)12-50-34(35)47)28-23(8-7-18-16(4)22(36)10-24(41-30)27(18)28)40-26(43)13-49-14-38-31(44)17(5)39-32(45)29(37)15(2)3/h9-10,15,17,23,29,48H,6-8,11-14,37H2,1-5H3,(H,38,44)(H,39,45)(H,40,43)/t17-,23-,29-,35-/m0/s1. The van der Waals surface area contributed by atoms with E-state index in [4.69, 9.17) is 20.2 Å². The number of fused-ring (bicyclic) bond motifs is 5. The number of nitrogens with one attached hydrogen (secondary N) is 3. The summed E-state index contributed by atoms with van der Waals surface area (Å²) in [5.74, 6) is -2.81. The third-order valence-corrected chi connectivity index (χ3v) is 10.1. The molecule has 50 heavy (non-hydrogen) atoms. The molecule has 0 radical (unpaired) electrons. The molecular formula is C35H41FN6O8. The van der Waals surface area contributed by atoms with Gasteiger partial charge in [-0.05, 0) is 61.8 Å². The lowest BCUT2D eigenvalue weighted by Gasteiger charge is -2.31. The van der Waals surface area contributed by atoms with Gasteiger partial charge in [0.15, 0.2) is 5.60 Å². The highest BCUT2D eigenvalue weighted by molar-refractivity contribution is 5.94. The molecule has 0 saturated carbocycles. The van der Waals surface area contributed by atoms with Crippen molar-refractivity contribution in [2.45, 2.75) is 90.8 Å². The number of hydrogen-bond donors (Lipinski definition) is 5. The largest absolute Gasteiger partial charge is 0.458 e. The number of aryl methyl sites for hydroxylation is 1. The van der Waals surface area contributed by atoms with Crippen LogP contribution in [0.1, 0.15) is 80.0 Å². The van der Waals surface area contributed by atoms with Gasteiger partial charge in [0.1, 0.15) is 31.8 Å². The maximum absolute atomic E-state index is 15.2. The van der Waals surface area contributed by atoms with Crippen LogP contribution in [0, 0.1) is 18.7 Å². The van der Waals surface area contributed by atoms with Crippen LogP contribution in [0.25, 0.3) is 22.3 Å². The Kier molecular flexibility index (Phi) is 9.26. The minimum atomic E-state index is -2.00. The van der Waals surface area contributed by atoms with Gasteiger partial charge in [-0.25, -0.2) is 14.2 Å². The number of nitrogens with zero attached hydrogens (tertiary/aromatic N) is 2. The summed E-state index contributed by atoms with van der Waals surface area (Å²) in [7, 11) is 0. The number of ether oxygens (including phenoxy) is 2. The van der Waals surface area contributed by atoms with Crippen molar-refractivity contribution >= 4 is 34.6 Å². The minimum Gasteiger partial charge on any atom is -0.458 e. The van der Waals surface area contributed by atoms with E-state index >= 15 is 4.39 Å². The summed E-state index contributed by atoms with van der Waals surface area (Å²) in [6.45, 7) is 7.57. The summed E-state index contributed by atoms with van der Waals surface area (Å²) < 4.78 is 27.3. The number of benzene rings is 1. The van der Waals surface area contributed by atoms with Crippen LogP contribution >= 0.6 is 0 Å². The van der Waals surface area contributed by atoms with Gasteiger partial charge in [0, 0.05) is 22.6 Å². The molecule has 3 amide bonds. The topological polar surface area (TPSA) is 204 Å². The average molecular weight is 693 g/mol. The molecular weight excluding hydrogens is 651 g/mol. The number of aromatic nitrogens is 2. The third-order valence-electron chi connectivity index (χ3n) is 10.1. The molecule has 1 aliphatic carbocycles. The lowest BCUT2D eigenvalue weighted by Crippen LogP contribution is -2.52. The van der Waals surface area contributed by atoms with Crippen LogP contribution in [0.5, 0.6) is 0 Å². The number of nitrogens with two attached hydrogens (primary N) is 1. The second kappa shape index (κ2) is 13.2. The molecule has 266 valence electrons. The fraction of sp³-hybridized carbons (Fsp3) is 0.486. The summed E-state index contributed by atoms with van der Waals surface area (Å²) in [6, 6.07) is 0.752. The van der Waals surface area contributed by atoms with Crippen molar-refractivity contribution in [3.05, 3.63) is 61.7 Å². The van der Waals surface area contributed by atoms with E-state index in [2.05, 4.69) is 16.0 Å². The number of rotatable bonds is 10. The maximum Gasteiger partial charge on any atom is 0.343 e. The number of esters is 1. The zero-order chi connectivity index (χ0) is 36.2. The fourth-order valence-electron chi connectivity index (χ4n) is 7.03. The van der Waals surface area contributed by atoms with Crippen LogP contribution in [0.3, 0.4) is 0 Å². The zero-order valence-corrected chi connectivity index (χ0v) is 28.6. The Morgan fingerprint density at radius 1 is 1.18 bits per heavy atom. The Morgan fingerprint density at radius 3 is 2.62 bits per heavy atom. The van der Waals surface area contributed by atoms with E-state index in [0.717, 1.165) is 5.56 Å². The first-order chi connectivity index (χ1) is 23.7. The molecule has 0 fully saturated rings. The summed E-state index contributed by atoms with van der Waals surface area (Å²) in [5.41, 5.74) is 7.49. The van der Waals surface area contributed by atoms with Crippen molar-refractivity contribution in [1.29, 1.82) is 0 Å². The number of pyridine rings is 2. The Hall–Kier alpha value is -4.73. The quantitative estimate of drug-likeness (QED) is 0.0913. The molecule has 6 N–H and O–H groups in total. The third kappa shape index (κ3) is 5.82. The second-order valence-corrected chi connectivity index (χ2v) is 13.5. The normalized spacial score (nSPS) is 20.0. The maximum atomic E-state index is 15.2. The van der Waals surface area contributed by atoms with Crippen LogP contribution in [0.4, 0.5) is 4.39 Å². The SMILES string of the molecule is CC[C@@]1(O)C(=O)OCc2c1cc1n(c2=O)Cc2c-1nc1cc(F)c(C)c3c1c2[C@@H](NC(=O)COCNC(=O)[C@H](C)NC(=O)[C@@H](N)C(C)C)CC3. The summed E-state index contributed by atoms with van der Waals surface area (Å²) in [5, 5.41) is 20.0. The number of aliphatic hydroxyl groups is 1. The van der Waals surface area contributed by atoms with Gasteiger partial charge in [0.25, 0.3) is 5.56 Å². The first kappa shape index (κ1) is 35.1. The van der Waals surface area contributed by atoms with E-state index in [0.29, 0.717) is 51.8 Å². The number of carbonyl (C=O) groups is 4. The Balaban J connectivity index is 1.25. The predicted octanol–water partition coefficient (Wildman–Crippen LogP) is 1.21. The Bertz CT molecular complexity index is 2010. The fourth-order valence-corrected chi connectivity index (χ4v) is 7.03. The molecule has 2 aliphatic heterocycles. The van der Waals surface area contributed by atoms with Crippen LogP contribution in [-0.4, -0.2) is 63.8 Å². The number of hydrogen-bond acceptors (Lipinski definition) is 10. The van der Waals surface area contributed by atoms with Gasteiger partial charge in [-0.2, -0.15) is 0 Å². The molecule has 0 spiro atoms. The molecule has 14 nitrogen and oxygen atoms in total. The summed E-state index contributed by atoms with van der Waals surface area (Å²) in [4.78, 5) is 69.0. The van der Waals surface area contributed by atoms with Crippen molar-refractivity contribution in [3.8, 4) is 11.4 Å². The van der Waals surface area contributed by atoms with Gasteiger partial charge in [-0.15, -0.1) is 0 Å². The van der Waals surface area contributed by atoms with Gasteiger partial charge >= 0.3 is 5.97 Å². The average Bonchev–Trinajstić information content (AvgIpc) is 3.45. The van der Waals surface area contributed by atoms with Crippen molar-refractivity contribution < 1.29 is 38.1 Å². The lowest BCUT2D eigenvalue weighted by molar-refractivity contribution is -0.172. The van der Waals surface area contributed by atoms with Crippen LogP contribution in [-0.2, 0) is 53.8 Å². The highest BCUT2D eigenvalue weighted by atomic mass is 19.1. The number of cyclic esters (lactones) is 1. The van der Waals surface area contributed by atoms with E-state index in [-0.39, 0.29) is 43.3 Å². The van der Waals surface area contributed by atoms with E-state index in [1.165, 1.54) is 17.6 Å². The van der Waals surface area contributed by atoms with E-state index in [9.17, 15) is 29.1 Å². The van der Waals surface area contributed by atoms with Crippen molar-refractivity contribution in [2.75, 3.05) is 13.3 Å². The summed E-state index contributed by atoms with van der Waals surface area (Å²) >= 11 is 0. The van der Waals surface area contributed by atoms with Crippen molar-refractivity contribution in [2.24, 2.45) is 11.7 Å². The molecule has 3 aliphatic rings. The molecule has 0 saturated heterocycles. The van der Waals surface area contributed by atoms with Gasteiger partial charge < -0.3 is 40.8 Å². The molecule has 0 unspecified atom stereocenters. The second-order valence-electron chi connectivity index (χ2n) is 13.5. The first-order valence-corrected chi connectivity index (χ1v) is 16.7. The van der Waals surface area contributed by atoms with Gasteiger partial charge in [0.2, 0.25) is 17.7 Å². The highest BCUT2D eigenvalue weighted by Gasteiger charge is 2.46. The molecule has 2 aromatic heterocycles. The van der Waals surface area contributed by atoms with Gasteiger partial charge in [-0.3, -0.25) is 19.2 Å². The first-order valence-electron chi connectivity index (χ1n) is 16.7. The molecule has 3 aromatic rings. The van der Waals surface area contributed by atoms with E-state index in [1.807, 2.05) is 0 Å². The molecule has 1 aromatic carbocycles. The zero-order valence-electron chi connectivity index (χ0n) is 28.6. The molecule has 4 heterocycles. The van der Waals surface area contributed by atoms with Crippen LogP contribution in [0.2, 0.25) is 0 Å². The monoisotopic (exact) mass is 692 g/mol. The van der Waals surface area contributed by atoms with Gasteiger partial charge in [-0.1, -0.05) is 20.8 Å². The van der Waals surface area contributed by atoms with Crippen molar-refractivity contribution in [3.63, 3.8) is 0 Å². The van der Waals surface area contributed by atoms with Crippen LogP contribution < -0.4 is 27.2 Å². The van der Waals surface area contributed by atoms with Crippen LogP contribution in [0.15, 0.2) is 16.9 Å². The summed E-state index contributed by atoms with van der Waals surface area (Å²) in [6.07, 6.45) is 0.881. The minimum absolute atomic E-state index is 0.0126. The lowest BCUT2D eigenvalue weighted by atomic mass is 9.81. The predicted molar refractivity (Wildman–Crippen MR) is 178 cm³/mol. The molecule has 15 heteroatoms. The molecule has 0 bridgehead atoms. The van der Waals surface area contributed by atoms with E-state index < -0.39 is 65.4 Å². The van der Waals surface area contributed by atoms with E-state index in [1.54, 1.807) is 33.8 Å².